The Labute approximate surface area is 139 Å². The van der Waals surface area contributed by atoms with E-state index in [0.717, 1.165) is 32.0 Å². The van der Waals surface area contributed by atoms with E-state index < -0.39 is 0 Å². The first kappa shape index (κ1) is 19.2. The Morgan fingerprint density at radius 1 is 1.30 bits per heavy atom. The van der Waals surface area contributed by atoms with E-state index in [-0.39, 0.29) is 24.0 Å². The highest BCUT2D eigenvalue weighted by Crippen LogP contribution is 1.98. The molecule has 2 N–H and O–H groups in total. The van der Waals surface area contributed by atoms with Gasteiger partial charge in [-0.1, -0.05) is 20.8 Å². The molecular formula is C14H28IN5. The third kappa shape index (κ3) is 8.39. The van der Waals surface area contributed by atoms with Crippen LogP contribution in [0.15, 0.2) is 23.5 Å². The lowest BCUT2D eigenvalue weighted by atomic mass is 10.1. The van der Waals surface area contributed by atoms with Crippen molar-refractivity contribution in [3.63, 3.8) is 0 Å². The van der Waals surface area contributed by atoms with Crippen molar-refractivity contribution in [3.05, 3.63) is 18.5 Å². The Hall–Kier alpha value is -0.790. The number of rotatable bonds is 7. The van der Waals surface area contributed by atoms with E-state index in [1.165, 1.54) is 0 Å². The predicted octanol–water partition coefficient (Wildman–Crippen LogP) is 2.35. The summed E-state index contributed by atoms with van der Waals surface area (Å²) in [7, 11) is 1.81. The first-order chi connectivity index (χ1) is 9.11. The second-order valence-electron chi connectivity index (χ2n) is 5.40. The molecule has 1 unspecified atom stereocenters. The van der Waals surface area contributed by atoms with Crippen LogP contribution in [-0.4, -0.2) is 35.9 Å². The highest BCUT2D eigenvalue weighted by molar-refractivity contribution is 14.0. The van der Waals surface area contributed by atoms with Gasteiger partial charge in [-0.3, -0.25) is 9.67 Å². The average Bonchev–Trinajstić information content (AvgIpc) is 2.85. The minimum Gasteiger partial charge on any atom is -0.356 e. The molecule has 0 spiro atoms. The normalized spacial score (nSPS) is 12.9. The monoisotopic (exact) mass is 393 g/mol. The van der Waals surface area contributed by atoms with Crippen molar-refractivity contribution >= 4 is 29.9 Å². The van der Waals surface area contributed by atoms with Gasteiger partial charge in [-0.2, -0.15) is 5.10 Å². The van der Waals surface area contributed by atoms with E-state index in [2.05, 4.69) is 41.5 Å². The van der Waals surface area contributed by atoms with Crippen LogP contribution in [0.4, 0.5) is 0 Å². The lowest BCUT2D eigenvalue weighted by Gasteiger charge is -2.16. The molecule has 0 amide bonds. The molecule has 0 aliphatic carbocycles. The smallest absolute Gasteiger partial charge is 0.190 e. The SMILES string of the molecule is CN=C(NCCC(C)C)NCC(C)Cn1cccn1.I. The van der Waals surface area contributed by atoms with Crippen molar-refractivity contribution < 1.29 is 0 Å². The van der Waals surface area contributed by atoms with Crippen molar-refractivity contribution in [2.45, 2.75) is 33.7 Å². The zero-order valence-corrected chi connectivity index (χ0v) is 15.3. The molecular weight excluding hydrogens is 365 g/mol. The number of nitrogens with zero attached hydrogens (tertiary/aromatic N) is 3. The fourth-order valence-corrected chi connectivity index (χ4v) is 1.76. The summed E-state index contributed by atoms with van der Waals surface area (Å²) in [6, 6.07) is 1.95. The molecule has 1 aromatic rings. The molecule has 0 fully saturated rings. The van der Waals surface area contributed by atoms with Gasteiger partial charge in [0.25, 0.3) is 0 Å². The highest BCUT2D eigenvalue weighted by atomic mass is 127. The second-order valence-corrected chi connectivity index (χ2v) is 5.40. The Morgan fingerprint density at radius 3 is 2.60 bits per heavy atom. The summed E-state index contributed by atoms with van der Waals surface area (Å²) < 4.78 is 1.96. The van der Waals surface area contributed by atoms with Crippen LogP contribution in [-0.2, 0) is 6.54 Å². The molecule has 1 atom stereocenters. The fraction of sp³-hybridized carbons (Fsp3) is 0.714. The maximum absolute atomic E-state index is 4.23. The number of nitrogens with one attached hydrogen (secondary N) is 2. The van der Waals surface area contributed by atoms with E-state index >= 15 is 0 Å². The lowest BCUT2D eigenvalue weighted by Crippen LogP contribution is -2.40. The highest BCUT2D eigenvalue weighted by Gasteiger charge is 2.05. The number of aliphatic imine (C=N–C) groups is 1. The van der Waals surface area contributed by atoms with Crippen LogP contribution in [0, 0.1) is 11.8 Å². The van der Waals surface area contributed by atoms with Gasteiger partial charge in [0.1, 0.15) is 0 Å². The Morgan fingerprint density at radius 2 is 2.05 bits per heavy atom. The number of aromatic nitrogens is 2. The maximum Gasteiger partial charge on any atom is 0.190 e. The van der Waals surface area contributed by atoms with Crippen LogP contribution in [0.25, 0.3) is 0 Å². The Bertz CT molecular complexity index is 362. The third-order valence-electron chi connectivity index (χ3n) is 2.91. The summed E-state index contributed by atoms with van der Waals surface area (Å²) in [5.41, 5.74) is 0. The Kier molecular flexibility index (Phi) is 10.5. The molecule has 116 valence electrons. The van der Waals surface area contributed by atoms with E-state index in [1.54, 1.807) is 0 Å². The van der Waals surface area contributed by atoms with Gasteiger partial charge in [0.05, 0.1) is 0 Å². The van der Waals surface area contributed by atoms with Crippen molar-refractivity contribution in [2.24, 2.45) is 16.8 Å². The molecule has 5 nitrogen and oxygen atoms in total. The summed E-state index contributed by atoms with van der Waals surface area (Å²) in [6.45, 7) is 9.43. The van der Waals surface area contributed by atoms with Crippen LogP contribution in [0.5, 0.6) is 0 Å². The van der Waals surface area contributed by atoms with Crippen LogP contribution < -0.4 is 10.6 Å². The third-order valence-corrected chi connectivity index (χ3v) is 2.91. The van der Waals surface area contributed by atoms with E-state index in [9.17, 15) is 0 Å². The zero-order valence-electron chi connectivity index (χ0n) is 13.0. The van der Waals surface area contributed by atoms with Gasteiger partial charge in [0, 0.05) is 39.1 Å². The molecule has 6 heteroatoms. The van der Waals surface area contributed by atoms with Gasteiger partial charge >= 0.3 is 0 Å². The minimum atomic E-state index is 0. The molecule has 20 heavy (non-hydrogen) atoms. The molecule has 0 aliphatic heterocycles. The lowest BCUT2D eigenvalue weighted by molar-refractivity contribution is 0.443. The molecule has 0 radical (unpaired) electrons. The molecule has 0 saturated carbocycles. The van der Waals surface area contributed by atoms with Crippen LogP contribution in [0.1, 0.15) is 27.2 Å². The van der Waals surface area contributed by atoms with Crippen molar-refractivity contribution in [2.75, 3.05) is 20.1 Å². The summed E-state index contributed by atoms with van der Waals surface area (Å²) in [5.74, 6) is 2.10. The van der Waals surface area contributed by atoms with Gasteiger partial charge in [-0.25, -0.2) is 0 Å². The molecule has 1 aromatic heterocycles. The first-order valence-corrected chi connectivity index (χ1v) is 7.03. The summed E-state index contributed by atoms with van der Waals surface area (Å²) in [6.07, 6.45) is 4.96. The summed E-state index contributed by atoms with van der Waals surface area (Å²) >= 11 is 0. The van der Waals surface area contributed by atoms with Crippen LogP contribution >= 0.6 is 24.0 Å². The Balaban J connectivity index is 0.00000361. The molecule has 1 rings (SSSR count). The van der Waals surface area contributed by atoms with Crippen molar-refractivity contribution in [3.8, 4) is 0 Å². The fourth-order valence-electron chi connectivity index (χ4n) is 1.76. The zero-order chi connectivity index (χ0) is 14.1. The van der Waals surface area contributed by atoms with E-state index in [1.807, 2.05) is 30.2 Å². The number of hydrogen-bond acceptors (Lipinski definition) is 2. The standard InChI is InChI=1S/C14H27N5.HI/c1-12(2)6-8-16-14(15-4)17-10-13(3)11-19-9-5-7-18-19;/h5,7,9,12-13H,6,8,10-11H2,1-4H3,(H2,15,16,17);1H. The van der Waals surface area contributed by atoms with Gasteiger partial charge in [-0.05, 0) is 24.3 Å². The summed E-state index contributed by atoms with van der Waals surface area (Å²) in [4.78, 5) is 4.23. The maximum atomic E-state index is 4.23. The molecule has 0 aliphatic rings. The number of hydrogen-bond donors (Lipinski definition) is 2. The summed E-state index contributed by atoms with van der Waals surface area (Å²) in [5, 5.41) is 10.9. The second kappa shape index (κ2) is 10.9. The average molecular weight is 393 g/mol. The molecule has 0 aromatic carbocycles. The van der Waals surface area contributed by atoms with Gasteiger partial charge in [-0.15, -0.1) is 24.0 Å². The van der Waals surface area contributed by atoms with Crippen molar-refractivity contribution in [1.82, 2.24) is 20.4 Å². The molecule has 1 heterocycles. The van der Waals surface area contributed by atoms with E-state index in [4.69, 9.17) is 0 Å². The predicted molar refractivity (Wildman–Crippen MR) is 95.6 cm³/mol. The topological polar surface area (TPSA) is 54.2 Å². The van der Waals surface area contributed by atoms with Crippen molar-refractivity contribution in [1.29, 1.82) is 0 Å². The number of halogens is 1. The first-order valence-electron chi connectivity index (χ1n) is 7.03. The molecule has 0 saturated heterocycles. The largest absolute Gasteiger partial charge is 0.356 e. The van der Waals surface area contributed by atoms with E-state index in [0.29, 0.717) is 11.8 Å². The van der Waals surface area contributed by atoms with Crippen LogP contribution in [0.2, 0.25) is 0 Å². The minimum absolute atomic E-state index is 0. The quantitative estimate of drug-likeness (QED) is 0.425. The van der Waals surface area contributed by atoms with Gasteiger partial charge in [0.15, 0.2) is 5.96 Å². The number of guanidine groups is 1. The van der Waals surface area contributed by atoms with Gasteiger partial charge < -0.3 is 10.6 Å². The van der Waals surface area contributed by atoms with Crippen LogP contribution in [0.3, 0.4) is 0 Å². The van der Waals surface area contributed by atoms with Gasteiger partial charge in [0.2, 0.25) is 0 Å². The molecule has 0 bridgehead atoms.